The van der Waals surface area contributed by atoms with E-state index >= 15 is 0 Å². The van der Waals surface area contributed by atoms with Crippen LogP contribution in [0.15, 0.2) is 16.5 Å². The first-order chi connectivity index (χ1) is 9.47. The Morgan fingerprint density at radius 2 is 2.00 bits per heavy atom. The molecule has 1 aliphatic heterocycles. The minimum atomic E-state index is -0.990. The lowest BCUT2D eigenvalue weighted by Crippen LogP contribution is -2.29. The predicted molar refractivity (Wildman–Crippen MR) is 60.9 cm³/mol. The molecule has 0 atom stereocenters. The number of hydrogen-bond donors (Lipinski definition) is 0. The maximum atomic E-state index is 13.8. The maximum absolute atomic E-state index is 13.8. The van der Waals surface area contributed by atoms with Crippen molar-refractivity contribution in [3.05, 3.63) is 41.1 Å². The second kappa shape index (κ2) is 4.19. The largest absolute Gasteiger partial charge is 0.424 e. The number of carbonyl (C=O) groups excluding carboxylic acids is 2. The Kier molecular flexibility index (Phi) is 2.60. The van der Waals surface area contributed by atoms with Crippen molar-refractivity contribution in [2.45, 2.75) is 13.5 Å². The SMILES string of the molecule is Cc1nnc(CN2C(=O)C(=O)c3cc(F)cc(F)c32)o1. The third-order valence-corrected chi connectivity index (χ3v) is 2.84. The molecule has 1 aromatic heterocycles. The molecular weight excluding hydrogens is 272 g/mol. The third-order valence-electron chi connectivity index (χ3n) is 2.84. The van der Waals surface area contributed by atoms with Gasteiger partial charge in [0.1, 0.15) is 12.4 Å². The van der Waals surface area contributed by atoms with Gasteiger partial charge in [0.2, 0.25) is 11.8 Å². The van der Waals surface area contributed by atoms with Gasteiger partial charge in [0.15, 0.2) is 5.82 Å². The number of fused-ring (bicyclic) bond motifs is 1. The first kappa shape index (κ1) is 12.4. The van der Waals surface area contributed by atoms with Crippen LogP contribution < -0.4 is 4.90 Å². The number of ketones is 1. The van der Waals surface area contributed by atoms with E-state index in [4.69, 9.17) is 4.42 Å². The molecule has 2 heterocycles. The van der Waals surface area contributed by atoms with E-state index < -0.39 is 23.3 Å². The summed E-state index contributed by atoms with van der Waals surface area (Å²) in [6.45, 7) is 1.30. The fraction of sp³-hybridized carbons (Fsp3) is 0.167. The number of aryl methyl sites for hydroxylation is 1. The van der Waals surface area contributed by atoms with Gasteiger partial charge in [-0.1, -0.05) is 0 Å². The minimum absolute atomic E-state index is 0.0558. The Labute approximate surface area is 111 Å². The molecule has 1 amide bonds. The van der Waals surface area contributed by atoms with Gasteiger partial charge in [-0.05, 0) is 6.07 Å². The van der Waals surface area contributed by atoms with E-state index in [1.165, 1.54) is 0 Å². The number of aromatic nitrogens is 2. The highest BCUT2D eigenvalue weighted by molar-refractivity contribution is 6.52. The van der Waals surface area contributed by atoms with Crippen molar-refractivity contribution in [2.24, 2.45) is 0 Å². The predicted octanol–water partition coefficient (Wildman–Crippen LogP) is 1.39. The third kappa shape index (κ3) is 1.77. The molecular formula is C12H7F2N3O3. The number of Topliss-reactive ketones (excluding diaryl/α,β-unsaturated/α-hetero) is 1. The van der Waals surface area contributed by atoms with Gasteiger partial charge in [-0.25, -0.2) is 8.78 Å². The van der Waals surface area contributed by atoms with Gasteiger partial charge < -0.3 is 4.42 Å². The molecule has 0 aliphatic carbocycles. The first-order valence-corrected chi connectivity index (χ1v) is 5.61. The highest BCUT2D eigenvalue weighted by Crippen LogP contribution is 2.33. The number of hydrogen-bond acceptors (Lipinski definition) is 5. The van der Waals surface area contributed by atoms with Crippen LogP contribution >= 0.6 is 0 Å². The number of carbonyl (C=O) groups is 2. The monoisotopic (exact) mass is 279 g/mol. The number of amides is 1. The average molecular weight is 279 g/mol. The summed E-state index contributed by atoms with van der Waals surface area (Å²) in [6.07, 6.45) is 0. The van der Waals surface area contributed by atoms with Crippen LogP contribution in [-0.2, 0) is 11.3 Å². The summed E-state index contributed by atoms with van der Waals surface area (Å²) >= 11 is 0. The molecule has 6 nitrogen and oxygen atoms in total. The van der Waals surface area contributed by atoms with Gasteiger partial charge in [-0.3, -0.25) is 14.5 Å². The van der Waals surface area contributed by atoms with E-state index in [9.17, 15) is 18.4 Å². The quantitative estimate of drug-likeness (QED) is 0.776. The zero-order chi connectivity index (χ0) is 14.4. The van der Waals surface area contributed by atoms with Crippen LogP contribution in [0.2, 0.25) is 0 Å². The van der Waals surface area contributed by atoms with E-state index in [1.807, 2.05) is 0 Å². The molecule has 0 radical (unpaired) electrons. The molecule has 0 fully saturated rings. The van der Waals surface area contributed by atoms with Gasteiger partial charge in [0.05, 0.1) is 11.3 Å². The molecule has 1 aliphatic rings. The number of nitrogens with zero attached hydrogens (tertiary/aromatic N) is 3. The van der Waals surface area contributed by atoms with Gasteiger partial charge in [-0.15, -0.1) is 10.2 Å². The minimum Gasteiger partial charge on any atom is -0.424 e. The molecule has 102 valence electrons. The maximum Gasteiger partial charge on any atom is 0.300 e. The number of rotatable bonds is 2. The second-order valence-corrected chi connectivity index (χ2v) is 4.22. The highest BCUT2D eigenvalue weighted by atomic mass is 19.1. The normalized spacial score (nSPS) is 14.1. The Bertz CT molecular complexity index is 742. The molecule has 0 saturated carbocycles. The van der Waals surface area contributed by atoms with Crippen molar-refractivity contribution < 1.29 is 22.8 Å². The van der Waals surface area contributed by atoms with Gasteiger partial charge >= 0.3 is 0 Å². The van der Waals surface area contributed by atoms with Gasteiger partial charge in [-0.2, -0.15) is 0 Å². The number of benzene rings is 1. The average Bonchev–Trinajstić information content (AvgIpc) is 2.88. The van der Waals surface area contributed by atoms with Crippen LogP contribution in [0.3, 0.4) is 0 Å². The summed E-state index contributed by atoms with van der Waals surface area (Å²) in [5.74, 6) is -3.50. The van der Waals surface area contributed by atoms with Crippen molar-refractivity contribution in [1.29, 1.82) is 0 Å². The van der Waals surface area contributed by atoms with Crippen molar-refractivity contribution in [2.75, 3.05) is 4.90 Å². The molecule has 0 bridgehead atoms. The second-order valence-electron chi connectivity index (χ2n) is 4.22. The Morgan fingerprint density at radius 1 is 1.25 bits per heavy atom. The van der Waals surface area contributed by atoms with Crippen molar-refractivity contribution in [3.8, 4) is 0 Å². The Morgan fingerprint density at radius 3 is 2.65 bits per heavy atom. The molecule has 3 rings (SSSR count). The fourth-order valence-electron chi connectivity index (χ4n) is 2.04. The lowest BCUT2D eigenvalue weighted by molar-refractivity contribution is -0.114. The standard InChI is InChI=1S/C12H7F2N3O3/c1-5-15-16-9(20-5)4-17-10-7(11(18)12(17)19)2-6(13)3-8(10)14/h2-3H,4H2,1H3. The van der Waals surface area contributed by atoms with Crippen LogP contribution in [0, 0.1) is 18.6 Å². The Balaban J connectivity index is 2.06. The zero-order valence-electron chi connectivity index (χ0n) is 10.2. The lowest BCUT2D eigenvalue weighted by atomic mass is 10.1. The fourth-order valence-corrected chi connectivity index (χ4v) is 2.04. The topological polar surface area (TPSA) is 76.3 Å². The van der Waals surface area contributed by atoms with E-state index in [-0.39, 0.29) is 29.6 Å². The van der Waals surface area contributed by atoms with E-state index in [0.717, 1.165) is 11.0 Å². The van der Waals surface area contributed by atoms with Crippen molar-refractivity contribution in [3.63, 3.8) is 0 Å². The van der Waals surface area contributed by atoms with Crippen LogP contribution in [0.25, 0.3) is 0 Å². The molecule has 0 unspecified atom stereocenters. The molecule has 0 spiro atoms. The summed E-state index contributed by atoms with van der Waals surface area (Å²) in [4.78, 5) is 24.4. The van der Waals surface area contributed by atoms with Crippen molar-refractivity contribution >= 4 is 17.4 Å². The van der Waals surface area contributed by atoms with Gasteiger partial charge in [0, 0.05) is 13.0 Å². The molecule has 2 aromatic rings. The molecule has 1 aromatic carbocycles. The summed E-state index contributed by atoms with van der Waals surface area (Å²) in [7, 11) is 0. The van der Waals surface area contributed by atoms with Crippen LogP contribution in [0.1, 0.15) is 22.1 Å². The lowest BCUT2D eigenvalue weighted by Gasteiger charge is -2.14. The first-order valence-electron chi connectivity index (χ1n) is 5.61. The molecule has 8 heteroatoms. The zero-order valence-corrected chi connectivity index (χ0v) is 10.2. The van der Waals surface area contributed by atoms with E-state index in [0.29, 0.717) is 6.07 Å². The van der Waals surface area contributed by atoms with E-state index in [1.54, 1.807) is 6.92 Å². The Hall–Kier alpha value is -2.64. The summed E-state index contributed by atoms with van der Waals surface area (Å²) in [6, 6.07) is 1.44. The van der Waals surface area contributed by atoms with Crippen LogP contribution in [0.4, 0.5) is 14.5 Å². The van der Waals surface area contributed by atoms with Gasteiger partial charge in [0.25, 0.3) is 11.7 Å². The van der Waals surface area contributed by atoms with Crippen molar-refractivity contribution in [1.82, 2.24) is 10.2 Å². The molecule has 20 heavy (non-hydrogen) atoms. The van der Waals surface area contributed by atoms with Crippen LogP contribution in [0.5, 0.6) is 0 Å². The number of anilines is 1. The highest BCUT2D eigenvalue weighted by Gasteiger charge is 2.39. The van der Waals surface area contributed by atoms with Crippen LogP contribution in [-0.4, -0.2) is 21.9 Å². The summed E-state index contributed by atoms with van der Waals surface area (Å²) < 4.78 is 32.0. The number of halogens is 2. The van der Waals surface area contributed by atoms with E-state index in [2.05, 4.69) is 10.2 Å². The smallest absolute Gasteiger partial charge is 0.300 e. The summed E-state index contributed by atoms with van der Waals surface area (Å²) in [5.41, 5.74) is -0.569. The molecule has 0 N–H and O–H groups in total. The summed E-state index contributed by atoms with van der Waals surface area (Å²) in [5, 5.41) is 7.24. The molecule has 0 saturated heterocycles.